The number of amides is 3. The highest BCUT2D eigenvalue weighted by molar-refractivity contribution is 5.96. The Labute approximate surface area is 412 Å². The summed E-state index contributed by atoms with van der Waals surface area (Å²) in [5.41, 5.74) is 2.72. The summed E-state index contributed by atoms with van der Waals surface area (Å²) in [5.74, 6) is 1.49. The molecule has 2 aromatic rings. The first-order valence-corrected chi connectivity index (χ1v) is 24.7. The van der Waals surface area contributed by atoms with Gasteiger partial charge in [0.05, 0.1) is 57.1 Å². The number of likely N-dealkylation sites (tertiary alicyclic amines) is 1. The van der Waals surface area contributed by atoms with Crippen molar-refractivity contribution in [3.8, 4) is 11.5 Å². The Hall–Kier alpha value is -4.06. The van der Waals surface area contributed by atoms with Crippen LogP contribution in [0.4, 0.5) is 16.2 Å². The van der Waals surface area contributed by atoms with E-state index in [1.54, 1.807) is 19.1 Å². The van der Waals surface area contributed by atoms with E-state index in [0.717, 1.165) is 94.9 Å². The van der Waals surface area contributed by atoms with Crippen molar-refractivity contribution in [1.82, 2.24) is 20.0 Å². The van der Waals surface area contributed by atoms with E-state index in [1.807, 2.05) is 80.8 Å². The van der Waals surface area contributed by atoms with Gasteiger partial charge in [0.2, 0.25) is 0 Å². The van der Waals surface area contributed by atoms with Crippen molar-refractivity contribution < 1.29 is 47.5 Å². The Morgan fingerprint density at radius 1 is 0.691 bits per heavy atom. The molecule has 0 saturated carbocycles. The first-order chi connectivity index (χ1) is 32.2. The standard InChI is InChI=1S/C28H45N3O6.C23H37N3O4.ClH/c1-21(2)31(23-9-7-12-30(20-23)27(33)37-28(3,4)5)26(32)22-10-11-24(29-13-17-35-18-14-29)25(19-22)36-16-8-15-34-6;1-18(2)26(20-6-4-9-24-17-20)23(27)19-7-8-21(25-10-14-29-15-11-25)22(16-19)30-13-5-12-28-3;/h10-11,19,21,23H,7-9,12-18,20H2,1-6H3;7-8,16,18,20,24H,4-6,9-15,17H2,1-3H3;1H/t23-;20-;/m11./s1. The van der Waals surface area contributed by atoms with E-state index in [-0.39, 0.29) is 54.5 Å². The van der Waals surface area contributed by atoms with E-state index in [1.165, 1.54) is 0 Å². The summed E-state index contributed by atoms with van der Waals surface area (Å²) in [6.07, 6.45) is 5.06. The molecule has 4 fully saturated rings. The molecular formula is C51H83ClN6O10. The number of benzene rings is 2. The average Bonchev–Trinajstić information content (AvgIpc) is 3.32. The van der Waals surface area contributed by atoms with Crippen molar-refractivity contribution in [1.29, 1.82) is 0 Å². The molecule has 2 aromatic carbocycles. The lowest BCUT2D eigenvalue weighted by Crippen LogP contribution is -2.54. The summed E-state index contributed by atoms with van der Waals surface area (Å²) in [6.45, 7) is 25.1. The van der Waals surface area contributed by atoms with Gasteiger partial charge in [0, 0.05) is 115 Å². The molecule has 17 heteroatoms. The topological polar surface area (TPSA) is 144 Å². The molecular weight excluding hydrogens is 892 g/mol. The van der Waals surface area contributed by atoms with Gasteiger partial charge in [0.15, 0.2) is 0 Å². The van der Waals surface area contributed by atoms with Crippen LogP contribution in [0.25, 0.3) is 0 Å². The number of nitrogens with zero attached hydrogens (tertiary/aromatic N) is 5. The number of halogens is 1. The van der Waals surface area contributed by atoms with Gasteiger partial charge in [-0.05, 0) is 117 Å². The minimum absolute atomic E-state index is 0. The fraction of sp³-hybridized carbons (Fsp3) is 0.706. The number of hydrogen-bond acceptors (Lipinski definition) is 13. The predicted octanol–water partition coefficient (Wildman–Crippen LogP) is 7.15. The van der Waals surface area contributed by atoms with Crippen molar-refractivity contribution in [3.05, 3.63) is 47.5 Å². The molecule has 68 heavy (non-hydrogen) atoms. The second kappa shape index (κ2) is 28.6. The molecule has 0 unspecified atom stereocenters. The molecule has 0 spiro atoms. The summed E-state index contributed by atoms with van der Waals surface area (Å²) in [6, 6.07) is 11.9. The van der Waals surface area contributed by atoms with Crippen LogP contribution in [0.2, 0.25) is 0 Å². The maximum atomic E-state index is 13.9. The molecule has 0 aromatic heterocycles. The number of ether oxygens (including phenoxy) is 7. The van der Waals surface area contributed by atoms with Crippen molar-refractivity contribution in [2.75, 3.05) is 129 Å². The zero-order chi connectivity index (χ0) is 48.3. The molecule has 3 amide bonds. The molecule has 6 rings (SSSR count). The summed E-state index contributed by atoms with van der Waals surface area (Å²) in [5, 5.41) is 3.43. The van der Waals surface area contributed by atoms with Crippen LogP contribution in [0.3, 0.4) is 0 Å². The van der Waals surface area contributed by atoms with E-state index < -0.39 is 5.60 Å². The van der Waals surface area contributed by atoms with Gasteiger partial charge in [0.25, 0.3) is 11.8 Å². The summed E-state index contributed by atoms with van der Waals surface area (Å²) < 4.78 is 39.2. The third-order valence-electron chi connectivity index (χ3n) is 12.3. The summed E-state index contributed by atoms with van der Waals surface area (Å²) in [4.78, 5) is 50.3. The number of hydrogen-bond donors (Lipinski definition) is 1. The van der Waals surface area contributed by atoms with Crippen molar-refractivity contribution in [2.24, 2.45) is 0 Å². The third-order valence-corrected chi connectivity index (χ3v) is 12.3. The van der Waals surface area contributed by atoms with Crippen LogP contribution in [-0.2, 0) is 23.7 Å². The van der Waals surface area contributed by atoms with Crippen LogP contribution in [0.15, 0.2) is 36.4 Å². The SMILES string of the molecule is COCCCOc1cc(C(=O)N(C(C)C)[C@@H]2CCCN(C(=O)OC(C)(C)C)C2)ccc1N1CCOCC1.COCCCOc1cc(C(=O)N(C(C)C)[C@@H]2CCCNC2)ccc1N1CCOCC1.Cl. The van der Waals surface area contributed by atoms with E-state index in [9.17, 15) is 14.4 Å². The van der Waals surface area contributed by atoms with Crippen molar-refractivity contribution >= 4 is 41.7 Å². The number of morpholine rings is 2. The van der Waals surface area contributed by atoms with Crippen molar-refractivity contribution in [2.45, 2.75) is 117 Å². The zero-order valence-electron chi connectivity index (χ0n) is 42.6. The molecule has 4 saturated heterocycles. The van der Waals surface area contributed by atoms with Gasteiger partial charge in [-0.3, -0.25) is 9.59 Å². The van der Waals surface area contributed by atoms with E-state index >= 15 is 0 Å². The Bertz CT molecular complexity index is 1830. The molecule has 16 nitrogen and oxygen atoms in total. The van der Waals surface area contributed by atoms with Crippen LogP contribution in [0, 0.1) is 0 Å². The van der Waals surface area contributed by atoms with Gasteiger partial charge in [-0.25, -0.2) is 4.79 Å². The van der Waals surface area contributed by atoms with Crippen LogP contribution < -0.4 is 24.6 Å². The van der Waals surface area contributed by atoms with Crippen LogP contribution >= 0.6 is 12.4 Å². The molecule has 4 heterocycles. The second-order valence-corrected chi connectivity index (χ2v) is 19.3. The predicted molar refractivity (Wildman–Crippen MR) is 270 cm³/mol. The largest absolute Gasteiger partial charge is 0.491 e. The fourth-order valence-electron chi connectivity index (χ4n) is 9.11. The van der Waals surface area contributed by atoms with Gasteiger partial charge < -0.3 is 63.0 Å². The van der Waals surface area contributed by atoms with Gasteiger partial charge >= 0.3 is 6.09 Å². The van der Waals surface area contributed by atoms with E-state index in [0.29, 0.717) is 82.8 Å². The number of carbonyl (C=O) groups is 3. The Kier molecular flexibility index (Phi) is 23.7. The lowest BCUT2D eigenvalue weighted by Gasteiger charge is -2.41. The number of anilines is 2. The highest BCUT2D eigenvalue weighted by atomic mass is 35.5. The Morgan fingerprint density at radius 2 is 1.16 bits per heavy atom. The summed E-state index contributed by atoms with van der Waals surface area (Å²) in [7, 11) is 3.37. The minimum atomic E-state index is -0.556. The molecule has 384 valence electrons. The van der Waals surface area contributed by atoms with Gasteiger partial charge in [-0.1, -0.05) is 0 Å². The van der Waals surface area contributed by atoms with Gasteiger partial charge in [-0.2, -0.15) is 0 Å². The quantitative estimate of drug-likeness (QED) is 0.151. The van der Waals surface area contributed by atoms with E-state index in [4.69, 9.17) is 33.2 Å². The van der Waals surface area contributed by atoms with Gasteiger partial charge in [-0.15, -0.1) is 12.4 Å². The molecule has 4 aliphatic heterocycles. The Balaban J connectivity index is 0.000000298. The molecule has 4 aliphatic rings. The Morgan fingerprint density at radius 3 is 1.59 bits per heavy atom. The highest BCUT2D eigenvalue weighted by Crippen LogP contribution is 2.34. The number of carbonyl (C=O) groups excluding carboxylic acids is 3. The normalized spacial score (nSPS) is 18.8. The smallest absolute Gasteiger partial charge is 0.410 e. The summed E-state index contributed by atoms with van der Waals surface area (Å²) >= 11 is 0. The number of nitrogens with one attached hydrogen (secondary N) is 1. The van der Waals surface area contributed by atoms with Crippen molar-refractivity contribution in [3.63, 3.8) is 0 Å². The van der Waals surface area contributed by atoms with E-state index in [2.05, 4.69) is 29.0 Å². The highest BCUT2D eigenvalue weighted by Gasteiger charge is 2.35. The second-order valence-electron chi connectivity index (χ2n) is 19.3. The van der Waals surface area contributed by atoms with Crippen LogP contribution in [0.1, 0.15) is 108 Å². The number of methoxy groups -OCH3 is 2. The first kappa shape index (κ1) is 56.5. The first-order valence-electron chi connectivity index (χ1n) is 24.7. The molecule has 0 radical (unpaired) electrons. The monoisotopic (exact) mass is 975 g/mol. The maximum Gasteiger partial charge on any atom is 0.410 e. The number of rotatable bonds is 18. The number of piperidine rings is 2. The van der Waals surface area contributed by atoms with Crippen LogP contribution in [0.5, 0.6) is 11.5 Å². The third kappa shape index (κ3) is 16.8. The van der Waals surface area contributed by atoms with Gasteiger partial charge in [0.1, 0.15) is 17.1 Å². The molecule has 0 aliphatic carbocycles. The lowest BCUT2D eigenvalue weighted by molar-refractivity contribution is 0.00751. The molecule has 2 atom stereocenters. The van der Waals surface area contributed by atoms with Crippen LogP contribution in [-0.4, -0.2) is 182 Å². The molecule has 0 bridgehead atoms. The zero-order valence-corrected chi connectivity index (χ0v) is 43.4. The molecule has 1 N–H and O–H groups in total. The lowest BCUT2D eigenvalue weighted by atomic mass is 10.0. The minimum Gasteiger partial charge on any atom is -0.491 e. The maximum absolute atomic E-state index is 13.9. The average molecular weight is 976 g/mol. The fourth-order valence-corrected chi connectivity index (χ4v) is 9.11.